The Labute approximate surface area is 91.4 Å². The fourth-order valence-electron chi connectivity index (χ4n) is 1.68. The van der Waals surface area contributed by atoms with Gasteiger partial charge in [0.1, 0.15) is 0 Å². The van der Waals surface area contributed by atoms with Crippen molar-refractivity contribution in [2.24, 2.45) is 5.92 Å². The Morgan fingerprint density at radius 3 is 2.75 bits per heavy atom. The van der Waals surface area contributed by atoms with Gasteiger partial charge in [0.05, 0.1) is 6.61 Å². The molecule has 0 bridgehead atoms. The highest BCUT2D eigenvalue weighted by Gasteiger charge is 2.18. The van der Waals surface area contributed by atoms with Gasteiger partial charge in [-0.2, -0.15) is 4.39 Å². The van der Waals surface area contributed by atoms with Crippen molar-refractivity contribution in [2.75, 3.05) is 19.7 Å². The summed E-state index contributed by atoms with van der Waals surface area (Å²) in [4.78, 5) is 0. The Kier molecular flexibility index (Phi) is 3.33. The van der Waals surface area contributed by atoms with Gasteiger partial charge in [-0.3, -0.25) is 0 Å². The number of hydrogen-bond donors (Lipinski definition) is 1. The van der Waals surface area contributed by atoms with E-state index in [-0.39, 0.29) is 5.75 Å². The second kappa shape index (κ2) is 4.74. The maximum atomic E-state index is 13.2. The fourth-order valence-corrected chi connectivity index (χ4v) is 1.68. The molecule has 1 saturated heterocycles. The van der Waals surface area contributed by atoms with Gasteiger partial charge in [0, 0.05) is 12.5 Å². The van der Waals surface area contributed by atoms with Crippen LogP contribution in [0.3, 0.4) is 0 Å². The molecule has 88 valence electrons. The van der Waals surface area contributed by atoms with Crippen molar-refractivity contribution in [2.45, 2.75) is 6.42 Å². The van der Waals surface area contributed by atoms with Gasteiger partial charge >= 0.3 is 0 Å². The summed E-state index contributed by atoms with van der Waals surface area (Å²) in [7, 11) is 0. The van der Waals surface area contributed by atoms with Gasteiger partial charge in [0.15, 0.2) is 17.4 Å². The van der Waals surface area contributed by atoms with Crippen LogP contribution in [-0.4, -0.2) is 19.7 Å². The first kappa shape index (κ1) is 11.3. The predicted molar refractivity (Wildman–Crippen MR) is 52.8 cm³/mol. The molecule has 0 radical (unpaired) electrons. The molecule has 0 saturated carbocycles. The highest BCUT2D eigenvalue weighted by molar-refractivity contribution is 5.26. The van der Waals surface area contributed by atoms with Crippen LogP contribution in [0.4, 0.5) is 13.2 Å². The summed E-state index contributed by atoms with van der Waals surface area (Å²) < 4.78 is 43.8. The lowest BCUT2D eigenvalue weighted by atomic mass is 10.1. The van der Waals surface area contributed by atoms with Crippen molar-refractivity contribution in [3.8, 4) is 5.75 Å². The number of ether oxygens (including phenoxy) is 1. The monoisotopic (exact) mass is 231 g/mol. The lowest BCUT2D eigenvalue weighted by molar-refractivity contribution is 0.244. The van der Waals surface area contributed by atoms with E-state index >= 15 is 0 Å². The lowest BCUT2D eigenvalue weighted by Gasteiger charge is -2.11. The van der Waals surface area contributed by atoms with E-state index in [1.807, 2.05) is 0 Å². The van der Waals surface area contributed by atoms with E-state index in [1.54, 1.807) is 0 Å². The molecule has 1 fully saturated rings. The Balaban J connectivity index is 2.01. The van der Waals surface area contributed by atoms with Crippen molar-refractivity contribution in [3.63, 3.8) is 0 Å². The lowest BCUT2D eigenvalue weighted by Crippen LogP contribution is -2.16. The van der Waals surface area contributed by atoms with Gasteiger partial charge in [0.25, 0.3) is 0 Å². The molecule has 1 unspecified atom stereocenters. The van der Waals surface area contributed by atoms with Crippen LogP contribution in [0.5, 0.6) is 5.75 Å². The third-order valence-electron chi connectivity index (χ3n) is 2.64. The molecule has 2 rings (SSSR count). The molecular formula is C11H12F3NO. The quantitative estimate of drug-likeness (QED) is 0.804. The Morgan fingerprint density at radius 1 is 1.25 bits per heavy atom. The molecule has 1 aromatic rings. The molecule has 1 aliphatic rings. The molecule has 1 atom stereocenters. The van der Waals surface area contributed by atoms with Crippen molar-refractivity contribution in [3.05, 3.63) is 29.6 Å². The van der Waals surface area contributed by atoms with Crippen LogP contribution in [0.1, 0.15) is 6.42 Å². The molecule has 1 aromatic carbocycles. The normalized spacial score (nSPS) is 20.1. The minimum absolute atomic E-state index is 0.231. The zero-order valence-corrected chi connectivity index (χ0v) is 8.60. The summed E-state index contributed by atoms with van der Waals surface area (Å²) in [6.07, 6.45) is 0.950. The first-order valence-corrected chi connectivity index (χ1v) is 5.15. The Morgan fingerprint density at radius 2 is 2.06 bits per heavy atom. The minimum Gasteiger partial charge on any atom is -0.490 e. The SMILES string of the molecule is Fc1ccc(OCC2CCNC2)c(F)c1F. The van der Waals surface area contributed by atoms with Gasteiger partial charge in [-0.25, -0.2) is 8.78 Å². The second-order valence-electron chi connectivity index (χ2n) is 3.84. The first-order chi connectivity index (χ1) is 7.68. The molecule has 5 heteroatoms. The number of benzene rings is 1. The Hall–Kier alpha value is -1.23. The van der Waals surface area contributed by atoms with E-state index in [0.29, 0.717) is 12.5 Å². The van der Waals surface area contributed by atoms with E-state index in [4.69, 9.17) is 4.74 Å². The van der Waals surface area contributed by atoms with E-state index < -0.39 is 17.5 Å². The molecule has 0 amide bonds. The standard InChI is InChI=1S/C11H12F3NO/c12-8-1-2-9(11(14)10(8)13)16-6-7-3-4-15-5-7/h1-2,7,15H,3-6H2. The van der Waals surface area contributed by atoms with Gasteiger partial charge in [-0.05, 0) is 25.1 Å². The minimum atomic E-state index is -1.48. The third kappa shape index (κ3) is 2.29. The third-order valence-corrected chi connectivity index (χ3v) is 2.64. The maximum absolute atomic E-state index is 13.2. The molecule has 0 aromatic heterocycles. The molecule has 0 aliphatic carbocycles. The number of hydrogen-bond acceptors (Lipinski definition) is 2. The average molecular weight is 231 g/mol. The van der Waals surface area contributed by atoms with Gasteiger partial charge in [-0.1, -0.05) is 0 Å². The van der Waals surface area contributed by atoms with Crippen LogP contribution in [0, 0.1) is 23.4 Å². The number of rotatable bonds is 3. The van der Waals surface area contributed by atoms with E-state index in [2.05, 4.69) is 5.32 Å². The summed E-state index contributed by atoms with van der Waals surface area (Å²) >= 11 is 0. The van der Waals surface area contributed by atoms with Crippen molar-refractivity contribution in [1.29, 1.82) is 0 Å². The van der Waals surface area contributed by atoms with Gasteiger partial charge in [0.2, 0.25) is 5.82 Å². The van der Waals surface area contributed by atoms with E-state index in [1.165, 1.54) is 0 Å². The van der Waals surface area contributed by atoms with Crippen LogP contribution >= 0.6 is 0 Å². The van der Waals surface area contributed by atoms with E-state index in [9.17, 15) is 13.2 Å². The molecule has 1 heterocycles. The molecule has 1 aliphatic heterocycles. The summed E-state index contributed by atoms with van der Waals surface area (Å²) in [5, 5.41) is 3.14. The highest BCUT2D eigenvalue weighted by atomic mass is 19.2. The number of nitrogens with one attached hydrogen (secondary N) is 1. The summed E-state index contributed by atoms with van der Waals surface area (Å²) in [5.74, 6) is -3.88. The van der Waals surface area contributed by atoms with Crippen molar-refractivity contribution < 1.29 is 17.9 Å². The molecule has 0 spiro atoms. The predicted octanol–water partition coefficient (Wildman–Crippen LogP) is 2.09. The second-order valence-corrected chi connectivity index (χ2v) is 3.84. The van der Waals surface area contributed by atoms with Crippen molar-refractivity contribution >= 4 is 0 Å². The largest absolute Gasteiger partial charge is 0.490 e. The van der Waals surface area contributed by atoms with Crippen LogP contribution in [0.15, 0.2) is 12.1 Å². The van der Waals surface area contributed by atoms with Crippen molar-refractivity contribution in [1.82, 2.24) is 5.32 Å². The van der Waals surface area contributed by atoms with Crippen LogP contribution in [0.25, 0.3) is 0 Å². The topological polar surface area (TPSA) is 21.3 Å². The van der Waals surface area contributed by atoms with Gasteiger partial charge in [-0.15, -0.1) is 0 Å². The smallest absolute Gasteiger partial charge is 0.203 e. The average Bonchev–Trinajstić information content (AvgIpc) is 2.78. The summed E-state index contributed by atoms with van der Waals surface area (Å²) in [5.41, 5.74) is 0. The molecule has 1 N–H and O–H groups in total. The molecule has 16 heavy (non-hydrogen) atoms. The zero-order valence-electron chi connectivity index (χ0n) is 8.60. The maximum Gasteiger partial charge on any atom is 0.203 e. The molecular weight excluding hydrogens is 219 g/mol. The number of halogens is 3. The van der Waals surface area contributed by atoms with Gasteiger partial charge < -0.3 is 10.1 Å². The summed E-state index contributed by atoms with van der Waals surface area (Å²) in [6.45, 7) is 2.04. The highest BCUT2D eigenvalue weighted by Crippen LogP contribution is 2.22. The van der Waals surface area contributed by atoms with Crippen LogP contribution in [0.2, 0.25) is 0 Å². The van der Waals surface area contributed by atoms with Crippen LogP contribution in [-0.2, 0) is 0 Å². The first-order valence-electron chi connectivity index (χ1n) is 5.15. The zero-order chi connectivity index (χ0) is 11.5. The van der Waals surface area contributed by atoms with E-state index in [0.717, 1.165) is 31.6 Å². The van der Waals surface area contributed by atoms with Crippen LogP contribution < -0.4 is 10.1 Å². The molecule has 2 nitrogen and oxygen atoms in total. The fraction of sp³-hybridized carbons (Fsp3) is 0.455. The Bertz CT molecular complexity index is 378. The summed E-state index contributed by atoms with van der Waals surface area (Å²) in [6, 6.07) is 1.97.